The highest BCUT2D eigenvalue weighted by Crippen LogP contribution is 2.30. The average Bonchev–Trinajstić information content (AvgIpc) is 3.49. The first-order valence-corrected chi connectivity index (χ1v) is 15.3. The molecule has 0 radical (unpaired) electrons. The van der Waals surface area contributed by atoms with Crippen molar-refractivity contribution in [1.82, 2.24) is 30.1 Å². The zero-order valence-corrected chi connectivity index (χ0v) is 26.2. The van der Waals surface area contributed by atoms with Crippen LogP contribution in [0.15, 0.2) is 82.9 Å². The van der Waals surface area contributed by atoms with Crippen LogP contribution in [0.1, 0.15) is 54.9 Å². The van der Waals surface area contributed by atoms with Gasteiger partial charge in [-0.25, -0.2) is 24.2 Å². The van der Waals surface area contributed by atoms with Gasteiger partial charge in [0, 0.05) is 17.0 Å². The van der Waals surface area contributed by atoms with Gasteiger partial charge >= 0.3 is 12.2 Å². The molecule has 0 saturated heterocycles. The van der Waals surface area contributed by atoms with Gasteiger partial charge in [0.05, 0.1) is 11.3 Å². The molecule has 0 fully saturated rings. The Balaban J connectivity index is 1.13. The molecule has 0 saturated carbocycles. The van der Waals surface area contributed by atoms with Gasteiger partial charge in [0.2, 0.25) is 0 Å². The second-order valence-electron chi connectivity index (χ2n) is 10.7. The molecule has 0 spiro atoms. The minimum Gasteiger partial charge on any atom is -0.370 e. The van der Waals surface area contributed by atoms with E-state index in [0.717, 1.165) is 47.4 Å². The van der Waals surface area contributed by atoms with Crippen LogP contribution in [0.4, 0.5) is 18.0 Å². The summed E-state index contributed by atoms with van der Waals surface area (Å²) in [5.41, 5.74) is 9.98. The van der Waals surface area contributed by atoms with Gasteiger partial charge in [-0.1, -0.05) is 50.2 Å². The van der Waals surface area contributed by atoms with Crippen LogP contribution in [0.5, 0.6) is 0 Å². The number of benzene rings is 3. The number of hydrogen-bond donors (Lipinski definition) is 4. The normalized spacial score (nSPS) is 12.0. The summed E-state index contributed by atoms with van der Waals surface area (Å²) < 4.78 is 43.1. The highest BCUT2D eigenvalue weighted by molar-refractivity contribution is 7.97. The van der Waals surface area contributed by atoms with E-state index in [2.05, 4.69) is 69.4 Å². The monoisotopic (exact) mass is 638 g/mol. The number of amides is 2. The van der Waals surface area contributed by atoms with Crippen molar-refractivity contribution in [2.45, 2.75) is 57.0 Å². The van der Waals surface area contributed by atoms with Gasteiger partial charge in [-0.3, -0.25) is 5.32 Å². The van der Waals surface area contributed by atoms with Crippen molar-refractivity contribution in [3.05, 3.63) is 95.3 Å². The molecule has 1 aromatic heterocycles. The molecule has 0 aliphatic rings. The van der Waals surface area contributed by atoms with Crippen LogP contribution < -0.4 is 21.1 Å². The molecule has 2 amide bonds. The Bertz CT molecular complexity index is 1590. The summed E-state index contributed by atoms with van der Waals surface area (Å²) >= 11 is 1.49. The molecule has 1 heterocycles. The number of alkyl halides is 3. The molecule has 0 atom stereocenters. The number of aryl methyl sites for hydroxylation is 2. The Labute approximate surface area is 265 Å². The quantitative estimate of drug-likeness (QED) is 0.0602. The molecule has 4 aromatic rings. The van der Waals surface area contributed by atoms with E-state index in [0.29, 0.717) is 24.0 Å². The lowest BCUT2D eigenvalue weighted by atomic mass is 10.0. The Morgan fingerprint density at radius 2 is 1.78 bits per heavy atom. The van der Waals surface area contributed by atoms with Crippen LogP contribution in [0.2, 0.25) is 0 Å². The van der Waals surface area contributed by atoms with E-state index in [-0.39, 0.29) is 12.6 Å². The number of nitrogens with one attached hydrogen (secondary N) is 3. The SMILES string of the molecule is Cc1ccc(C(C)C)c(SNCN=C(N)NC(=O)NCCCCc2ccc(-c3ncn(-c4ccc(C(F)(F)F)cc4)n3)cc2)c1. The van der Waals surface area contributed by atoms with Gasteiger partial charge in [-0.05, 0) is 91.1 Å². The number of rotatable bonds is 12. The van der Waals surface area contributed by atoms with Crippen LogP contribution in [-0.2, 0) is 12.6 Å². The van der Waals surface area contributed by atoms with E-state index in [4.69, 9.17) is 5.73 Å². The summed E-state index contributed by atoms with van der Waals surface area (Å²) in [6, 6.07) is 18.5. The number of hydrogen-bond acceptors (Lipinski definition) is 6. The molecule has 0 bridgehead atoms. The Hall–Kier alpha value is -4.36. The maximum Gasteiger partial charge on any atom is 0.416 e. The van der Waals surface area contributed by atoms with Crippen LogP contribution in [0.3, 0.4) is 0 Å². The fourth-order valence-corrected chi connectivity index (χ4v) is 5.38. The summed E-state index contributed by atoms with van der Waals surface area (Å²) in [5.74, 6) is 0.912. The van der Waals surface area contributed by atoms with Crippen LogP contribution >= 0.6 is 11.9 Å². The third-order valence-corrected chi connectivity index (χ3v) is 7.72. The summed E-state index contributed by atoms with van der Waals surface area (Å²) in [7, 11) is 0. The van der Waals surface area contributed by atoms with Crippen molar-refractivity contribution < 1.29 is 18.0 Å². The number of carbonyl (C=O) groups excluding carboxylic acids is 1. The zero-order valence-electron chi connectivity index (χ0n) is 25.4. The van der Waals surface area contributed by atoms with E-state index >= 15 is 0 Å². The summed E-state index contributed by atoms with van der Waals surface area (Å²) in [4.78, 5) is 21.7. The number of nitrogens with two attached hydrogens (primary N) is 1. The molecule has 238 valence electrons. The fourth-order valence-electron chi connectivity index (χ4n) is 4.43. The molecule has 0 aliphatic heterocycles. The predicted octanol–water partition coefficient (Wildman–Crippen LogP) is 6.58. The Morgan fingerprint density at radius 3 is 2.47 bits per heavy atom. The van der Waals surface area contributed by atoms with E-state index in [1.807, 2.05) is 24.3 Å². The highest BCUT2D eigenvalue weighted by Gasteiger charge is 2.30. The Morgan fingerprint density at radius 1 is 1.04 bits per heavy atom. The number of unbranched alkanes of at least 4 members (excludes halogenated alkanes) is 1. The average molecular weight is 639 g/mol. The minimum absolute atomic E-state index is 0.0349. The lowest BCUT2D eigenvalue weighted by Crippen LogP contribution is -2.44. The summed E-state index contributed by atoms with van der Waals surface area (Å²) in [6.45, 7) is 7.10. The molecule has 13 heteroatoms. The van der Waals surface area contributed by atoms with E-state index < -0.39 is 17.8 Å². The maximum atomic E-state index is 12.8. The van der Waals surface area contributed by atoms with Crippen LogP contribution in [0, 0.1) is 6.92 Å². The van der Waals surface area contributed by atoms with Crippen molar-refractivity contribution in [2.24, 2.45) is 10.7 Å². The first-order chi connectivity index (χ1) is 21.5. The molecule has 9 nitrogen and oxygen atoms in total. The number of carbonyl (C=O) groups is 1. The Kier molecular flexibility index (Phi) is 11.6. The largest absolute Gasteiger partial charge is 0.416 e. The maximum absolute atomic E-state index is 12.8. The molecule has 0 aliphatic carbocycles. The number of halogens is 3. The predicted molar refractivity (Wildman–Crippen MR) is 172 cm³/mol. The van der Waals surface area contributed by atoms with Crippen molar-refractivity contribution >= 4 is 23.9 Å². The van der Waals surface area contributed by atoms with Crippen LogP contribution in [0.25, 0.3) is 17.1 Å². The van der Waals surface area contributed by atoms with Crippen molar-refractivity contribution in [3.8, 4) is 17.1 Å². The first-order valence-electron chi connectivity index (χ1n) is 14.5. The number of nitrogens with zero attached hydrogens (tertiary/aromatic N) is 4. The zero-order chi connectivity index (χ0) is 32.4. The molecule has 3 aromatic carbocycles. The standard InChI is InChI=1S/C32H37F3N8OS/c1-21(2)27-16-7-22(3)18-28(27)45-40-19-38-30(36)41-31(44)37-17-5-4-6-23-8-10-24(11-9-23)29-39-20-43(42-29)26-14-12-25(13-15-26)32(33,34)35/h7-16,18,20-21,40H,4-6,17,19H2,1-3H3,(H4,36,37,38,41,44). The molecule has 45 heavy (non-hydrogen) atoms. The molecule has 4 rings (SSSR count). The second-order valence-corrected chi connectivity index (χ2v) is 11.7. The van der Waals surface area contributed by atoms with Gasteiger partial charge in [-0.2, -0.15) is 13.2 Å². The number of urea groups is 1. The lowest BCUT2D eigenvalue weighted by Gasteiger charge is -2.13. The van der Waals surface area contributed by atoms with Gasteiger partial charge in [-0.15, -0.1) is 5.10 Å². The van der Waals surface area contributed by atoms with Crippen molar-refractivity contribution in [1.29, 1.82) is 0 Å². The van der Waals surface area contributed by atoms with Crippen molar-refractivity contribution in [3.63, 3.8) is 0 Å². The third-order valence-electron chi connectivity index (χ3n) is 6.87. The third kappa shape index (κ3) is 10.1. The van der Waals surface area contributed by atoms with Gasteiger partial charge in [0.1, 0.15) is 13.0 Å². The lowest BCUT2D eigenvalue weighted by molar-refractivity contribution is -0.137. The number of aromatic nitrogens is 3. The number of guanidine groups is 1. The van der Waals surface area contributed by atoms with E-state index in [1.165, 1.54) is 46.2 Å². The molecule has 0 unspecified atom stereocenters. The van der Waals surface area contributed by atoms with Crippen LogP contribution in [-0.4, -0.2) is 40.0 Å². The minimum atomic E-state index is -4.39. The van der Waals surface area contributed by atoms with Gasteiger partial charge in [0.25, 0.3) is 0 Å². The molecular weight excluding hydrogens is 601 g/mol. The van der Waals surface area contributed by atoms with Gasteiger partial charge in [0.15, 0.2) is 11.8 Å². The smallest absolute Gasteiger partial charge is 0.370 e. The van der Waals surface area contributed by atoms with E-state index in [9.17, 15) is 18.0 Å². The fraction of sp³-hybridized carbons (Fsp3) is 0.312. The molecule has 5 N–H and O–H groups in total. The summed E-state index contributed by atoms with van der Waals surface area (Å²) in [5, 5.41) is 9.72. The second kappa shape index (κ2) is 15.6. The topological polar surface area (TPSA) is 122 Å². The first kappa shape index (κ1) is 33.5. The van der Waals surface area contributed by atoms with Crippen molar-refractivity contribution in [2.75, 3.05) is 13.2 Å². The van der Waals surface area contributed by atoms with E-state index in [1.54, 1.807) is 0 Å². The highest BCUT2D eigenvalue weighted by atomic mass is 32.2. The summed E-state index contributed by atoms with van der Waals surface area (Å²) in [6.07, 6.45) is -0.454. The molecular formula is C32H37F3N8OS. The van der Waals surface area contributed by atoms with Gasteiger partial charge < -0.3 is 11.1 Å². The number of aliphatic imine (C=N–C) groups is 1.